The topological polar surface area (TPSA) is 54.1 Å². The first kappa shape index (κ1) is 40.1. The molecule has 6 aromatic carbocycles. The zero-order valence-electron chi connectivity index (χ0n) is 35.1. The summed E-state index contributed by atoms with van der Waals surface area (Å²) in [6, 6.07) is 63.7. The number of ether oxygens (including phenoxy) is 2. The van der Waals surface area contributed by atoms with Crippen LogP contribution in [-0.2, 0) is 49.0 Å². The molecule has 12 rings (SSSR count). The summed E-state index contributed by atoms with van der Waals surface area (Å²) in [5.74, 6) is 0. The van der Waals surface area contributed by atoms with E-state index in [1.807, 2.05) is 12.1 Å². The van der Waals surface area contributed by atoms with Gasteiger partial charge in [0, 0.05) is 79.3 Å². The predicted octanol–water partition coefficient (Wildman–Crippen LogP) is 13.9. The molecule has 2 aliphatic heterocycles. The molecular weight excluding hydrogens is 825 g/mol. The minimum absolute atomic E-state index is 0.633. The lowest BCUT2D eigenvalue weighted by molar-refractivity contribution is 0.134. The predicted molar refractivity (Wildman–Crippen MR) is 260 cm³/mol. The highest BCUT2D eigenvalue weighted by atomic mass is 32.2. The quantitative estimate of drug-likeness (QED) is 0.136. The lowest BCUT2D eigenvalue weighted by Crippen LogP contribution is -1.97. The fourth-order valence-corrected chi connectivity index (χ4v) is 10.8. The van der Waals surface area contributed by atoms with Crippen molar-refractivity contribution in [1.29, 1.82) is 0 Å². The van der Waals surface area contributed by atoms with Crippen molar-refractivity contribution in [1.82, 2.24) is 19.1 Å². The molecule has 2 aliphatic rings. The van der Waals surface area contributed by atoms with Crippen LogP contribution in [0.1, 0.15) is 33.4 Å². The van der Waals surface area contributed by atoms with E-state index in [0.717, 1.165) is 45.7 Å². The molecule has 0 atom stereocenters. The van der Waals surface area contributed by atoms with Gasteiger partial charge in [0.25, 0.3) is 0 Å². The summed E-state index contributed by atoms with van der Waals surface area (Å²) >= 11 is 3.47. The second-order valence-corrected chi connectivity index (χ2v) is 18.2. The Morgan fingerprint density at radius 2 is 0.797 bits per heavy atom. The summed E-state index contributed by atoms with van der Waals surface area (Å²) in [7, 11) is 0. The smallest absolute Gasteiger partial charge is 0.102 e. The maximum absolute atomic E-state index is 5.77. The molecule has 0 fully saturated rings. The van der Waals surface area contributed by atoms with Crippen molar-refractivity contribution >= 4 is 45.3 Å². The zero-order chi connectivity index (χ0) is 42.7. The third-order valence-electron chi connectivity index (χ3n) is 11.8. The van der Waals surface area contributed by atoms with E-state index in [0.29, 0.717) is 26.4 Å². The standard InChI is InChI=1S/2C28H22N2OS/c2*1-3-9-20(10-4-1)16-30-17-26(23-13-7-8-14-25(23)30)32-27-15-22-18-31-19-24(22)28(29-27)21-11-5-2-6-12-21/h2*1-15,17H,16,18-19H2. The maximum atomic E-state index is 5.77. The number of hydrogen-bond donors (Lipinski definition) is 0. The molecule has 64 heavy (non-hydrogen) atoms. The van der Waals surface area contributed by atoms with Crippen LogP contribution < -0.4 is 0 Å². The van der Waals surface area contributed by atoms with Gasteiger partial charge < -0.3 is 18.6 Å². The Balaban J connectivity index is 0.000000143. The van der Waals surface area contributed by atoms with Crippen molar-refractivity contribution < 1.29 is 9.47 Å². The molecule has 0 N–H and O–H groups in total. The number of para-hydroxylation sites is 2. The van der Waals surface area contributed by atoms with Crippen LogP contribution in [0.5, 0.6) is 0 Å². The van der Waals surface area contributed by atoms with Gasteiger partial charge in [0.1, 0.15) is 10.1 Å². The number of rotatable bonds is 10. The zero-order valence-corrected chi connectivity index (χ0v) is 36.8. The van der Waals surface area contributed by atoms with Gasteiger partial charge in [0.15, 0.2) is 0 Å². The van der Waals surface area contributed by atoms with E-state index in [4.69, 9.17) is 19.4 Å². The van der Waals surface area contributed by atoms with Gasteiger partial charge in [-0.1, -0.05) is 181 Å². The van der Waals surface area contributed by atoms with Gasteiger partial charge in [-0.3, -0.25) is 0 Å². The van der Waals surface area contributed by atoms with Crippen LogP contribution in [0, 0.1) is 0 Å². The monoisotopic (exact) mass is 868 g/mol. The number of pyridine rings is 2. The summed E-state index contributed by atoms with van der Waals surface area (Å²) in [5, 5.41) is 4.54. The average molecular weight is 869 g/mol. The number of benzene rings is 6. The van der Waals surface area contributed by atoms with Gasteiger partial charge in [0.05, 0.1) is 37.8 Å². The lowest BCUT2D eigenvalue weighted by Gasteiger charge is -2.10. The first-order chi connectivity index (χ1) is 31.7. The minimum atomic E-state index is 0.633. The SMILES string of the molecule is c1ccc(Cn2cc(Sc3cc4c(c(-c5ccccc5)n3)COC4)c3ccccc32)cc1.c1ccc(Cn2cc(Sc3cc4c(c(-c5ccccc5)n3)COC4)c3ccccc32)cc1. The molecule has 0 saturated carbocycles. The fraction of sp³-hybridized carbons (Fsp3) is 0.107. The number of fused-ring (bicyclic) bond motifs is 4. The van der Waals surface area contributed by atoms with E-state index in [2.05, 4.69) is 191 Å². The van der Waals surface area contributed by atoms with Crippen LogP contribution >= 0.6 is 23.5 Å². The van der Waals surface area contributed by atoms with Gasteiger partial charge in [-0.25, -0.2) is 9.97 Å². The molecular formula is C56H44N4O2S2. The molecule has 0 unspecified atom stereocenters. The molecule has 0 saturated heterocycles. The van der Waals surface area contributed by atoms with Gasteiger partial charge >= 0.3 is 0 Å². The van der Waals surface area contributed by atoms with Crippen molar-refractivity contribution in [2.24, 2.45) is 0 Å². The van der Waals surface area contributed by atoms with Crippen molar-refractivity contribution in [2.45, 2.75) is 59.4 Å². The van der Waals surface area contributed by atoms with E-state index >= 15 is 0 Å². The van der Waals surface area contributed by atoms with Gasteiger partial charge in [-0.2, -0.15) is 0 Å². The molecule has 10 aromatic rings. The van der Waals surface area contributed by atoms with Crippen LogP contribution in [0.25, 0.3) is 44.3 Å². The first-order valence-corrected chi connectivity index (χ1v) is 23.2. The van der Waals surface area contributed by atoms with Crippen LogP contribution in [0.4, 0.5) is 0 Å². The Morgan fingerprint density at radius 3 is 1.22 bits per heavy atom. The summed E-state index contributed by atoms with van der Waals surface area (Å²) < 4.78 is 16.2. The number of aromatic nitrogens is 4. The van der Waals surface area contributed by atoms with E-state index in [1.165, 1.54) is 65.0 Å². The highest BCUT2D eigenvalue weighted by molar-refractivity contribution is 7.99. The maximum Gasteiger partial charge on any atom is 0.102 e. The van der Waals surface area contributed by atoms with Gasteiger partial charge in [0.2, 0.25) is 0 Å². The third-order valence-corrected chi connectivity index (χ3v) is 13.7. The molecule has 312 valence electrons. The largest absolute Gasteiger partial charge is 0.372 e. The molecule has 0 bridgehead atoms. The van der Waals surface area contributed by atoms with Crippen LogP contribution in [0.3, 0.4) is 0 Å². The number of hydrogen-bond acceptors (Lipinski definition) is 6. The average Bonchev–Trinajstić information content (AvgIpc) is 4.17. The van der Waals surface area contributed by atoms with Crippen LogP contribution in [0.15, 0.2) is 214 Å². The summed E-state index contributed by atoms with van der Waals surface area (Å²) in [4.78, 5) is 12.6. The molecule has 0 amide bonds. The second-order valence-electron chi connectivity index (χ2n) is 16.1. The van der Waals surface area contributed by atoms with Crippen molar-refractivity contribution in [2.75, 3.05) is 0 Å². The van der Waals surface area contributed by atoms with Crippen molar-refractivity contribution in [3.05, 3.63) is 228 Å². The Kier molecular flexibility index (Phi) is 11.4. The Labute approximate surface area is 381 Å². The second kappa shape index (κ2) is 18.2. The molecule has 0 aliphatic carbocycles. The van der Waals surface area contributed by atoms with E-state index in [1.54, 1.807) is 23.5 Å². The highest BCUT2D eigenvalue weighted by Crippen LogP contribution is 2.40. The van der Waals surface area contributed by atoms with Crippen LogP contribution in [-0.4, -0.2) is 19.1 Å². The van der Waals surface area contributed by atoms with E-state index in [-0.39, 0.29) is 0 Å². The van der Waals surface area contributed by atoms with E-state index in [9.17, 15) is 0 Å². The van der Waals surface area contributed by atoms with Crippen molar-refractivity contribution in [3.63, 3.8) is 0 Å². The summed E-state index contributed by atoms with van der Waals surface area (Å²) in [6.45, 7) is 4.27. The minimum Gasteiger partial charge on any atom is -0.372 e. The first-order valence-electron chi connectivity index (χ1n) is 21.6. The molecule has 4 aromatic heterocycles. The van der Waals surface area contributed by atoms with Gasteiger partial charge in [-0.15, -0.1) is 0 Å². The highest BCUT2D eigenvalue weighted by Gasteiger charge is 2.22. The van der Waals surface area contributed by atoms with Crippen molar-refractivity contribution in [3.8, 4) is 22.5 Å². The number of nitrogens with zero attached hydrogens (tertiary/aromatic N) is 4. The third kappa shape index (κ3) is 8.41. The molecule has 8 heteroatoms. The summed E-state index contributed by atoms with van der Waals surface area (Å²) in [5.41, 5.74) is 14.4. The molecule has 0 spiro atoms. The molecule has 6 heterocycles. The molecule has 6 nitrogen and oxygen atoms in total. The lowest BCUT2D eigenvalue weighted by atomic mass is 10.0. The van der Waals surface area contributed by atoms with E-state index < -0.39 is 0 Å². The van der Waals surface area contributed by atoms with Crippen LogP contribution in [0.2, 0.25) is 0 Å². The fourth-order valence-electron chi connectivity index (χ4n) is 8.71. The normalized spacial score (nSPS) is 12.9. The Hall–Kier alpha value is -6.68. The Bertz CT molecular complexity index is 3010. The Morgan fingerprint density at radius 1 is 0.422 bits per heavy atom. The van der Waals surface area contributed by atoms with Gasteiger partial charge in [-0.05, 0) is 46.5 Å². The molecule has 0 radical (unpaired) electrons. The summed E-state index contributed by atoms with van der Waals surface area (Å²) in [6.07, 6.45) is 4.52.